The number of hydrogen-bond acceptors (Lipinski definition) is 6. The van der Waals surface area contributed by atoms with Crippen molar-refractivity contribution >= 4 is 21.6 Å². The standard InChI is InChI=1S/C21H25N3O3S2/c1-17-10-6-7-13-19(17)27-14-8-9-15-28-21-23-22-20(24(21)2)16-29(25,26)18-11-4-3-5-12-18/h3-7,10-13H,8-9,14-16H2,1-2H3. The maximum atomic E-state index is 12.5. The molecule has 0 aliphatic carbocycles. The zero-order valence-corrected chi connectivity index (χ0v) is 18.2. The molecule has 0 unspecified atom stereocenters. The first-order valence-corrected chi connectivity index (χ1v) is 12.1. The maximum absolute atomic E-state index is 12.5. The summed E-state index contributed by atoms with van der Waals surface area (Å²) in [6.07, 6.45) is 1.91. The number of benzene rings is 2. The molecule has 3 aromatic rings. The second-order valence-electron chi connectivity index (χ2n) is 6.70. The number of aryl methyl sites for hydroxylation is 1. The van der Waals surface area contributed by atoms with Gasteiger partial charge in [-0.1, -0.05) is 48.2 Å². The SMILES string of the molecule is Cc1ccccc1OCCCCSc1nnc(CS(=O)(=O)c2ccccc2)n1C. The molecule has 0 saturated heterocycles. The first kappa shape index (κ1) is 21.4. The first-order chi connectivity index (χ1) is 14.0. The average Bonchev–Trinajstić information content (AvgIpc) is 3.05. The van der Waals surface area contributed by atoms with Crippen LogP contribution in [0.25, 0.3) is 0 Å². The van der Waals surface area contributed by atoms with Crippen molar-refractivity contribution in [1.82, 2.24) is 14.8 Å². The molecule has 1 aromatic heterocycles. The molecule has 29 heavy (non-hydrogen) atoms. The zero-order valence-electron chi connectivity index (χ0n) is 16.6. The van der Waals surface area contributed by atoms with Crippen molar-refractivity contribution < 1.29 is 13.2 Å². The van der Waals surface area contributed by atoms with Crippen LogP contribution in [0.2, 0.25) is 0 Å². The van der Waals surface area contributed by atoms with Crippen molar-refractivity contribution in [1.29, 1.82) is 0 Å². The summed E-state index contributed by atoms with van der Waals surface area (Å²) >= 11 is 1.58. The molecule has 0 saturated carbocycles. The zero-order chi connectivity index (χ0) is 20.7. The van der Waals surface area contributed by atoms with Gasteiger partial charge in [-0.25, -0.2) is 8.42 Å². The van der Waals surface area contributed by atoms with Gasteiger partial charge in [0.15, 0.2) is 15.0 Å². The summed E-state index contributed by atoms with van der Waals surface area (Å²) in [6.45, 7) is 2.71. The molecule has 0 aliphatic rings. The van der Waals surface area contributed by atoms with Crippen LogP contribution in [-0.4, -0.2) is 35.5 Å². The third kappa shape index (κ3) is 5.83. The van der Waals surface area contributed by atoms with Crippen molar-refractivity contribution in [3.8, 4) is 5.75 Å². The number of thioether (sulfide) groups is 1. The van der Waals surface area contributed by atoms with E-state index in [1.807, 2.05) is 31.2 Å². The molecule has 6 nitrogen and oxygen atoms in total. The van der Waals surface area contributed by atoms with Crippen LogP contribution >= 0.6 is 11.8 Å². The molecule has 0 bridgehead atoms. The van der Waals surface area contributed by atoms with E-state index < -0.39 is 9.84 Å². The van der Waals surface area contributed by atoms with Gasteiger partial charge in [-0.05, 0) is 43.5 Å². The van der Waals surface area contributed by atoms with E-state index in [4.69, 9.17) is 4.74 Å². The van der Waals surface area contributed by atoms with E-state index in [1.165, 1.54) is 0 Å². The van der Waals surface area contributed by atoms with Gasteiger partial charge >= 0.3 is 0 Å². The molecule has 0 amide bonds. The van der Waals surface area contributed by atoms with Gasteiger partial charge in [0.1, 0.15) is 17.3 Å². The van der Waals surface area contributed by atoms with Crippen LogP contribution < -0.4 is 4.74 Å². The molecular formula is C21H25N3O3S2. The molecule has 0 radical (unpaired) electrons. The van der Waals surface area contributed by atoms with E-state index in [0.717, 1.165) is 35.1 Å². The molecule has 0 N–H and O–H groups in total. The van der Waals surface area contributed by atoms with Crippen molar-refractivity contribution in [3.05, 3.63) is 66.0 Å². The van der Waals surface area contributed by atoms with Crippen LogP contribution in [0.1, 0.15) is 24.2 Å². The molecule has 0 aliphatic heterocycles. The van der Waals surface area contributed by atoms with Gasteiger partial charge in [0.05, 0.1) is 11.5 Å². The Kier molecular flexibility index (Phi) is 7.33. The van der Waals surface area contributed by atoms with Crippen LogP contribution in [0.3, 0.4) is 0 Å². The van der Waals surface area contributed by atoms with E-state index >= 15 is 0 Å². The van der Waals surface area contributed by atoms with E-state index in [0.29, 0.717) is 17.3 Å². The van der Waals surface area contributed by atoms with Gasteiger partial charge in [0, 0.05) is 12.8 Å². The van der Waals surface area contributed by atoms with Gasteiger partial charge in [0.2, 0.25) is 0 Å². The first-order valence-electron chi connectivity index (χ1n) is 9.44. The van der Waals surface area contributed by atoms with Crippen LogP contribution in [-0.2, 0) is 22.6 Å². The summed E-state index contributed by atoms with van der Waals surface area (Å²) in [5.74, 6) is 2.08. The summed E-state index contributed by atoms with van der Waals surface area (Å²) in [5, 5.41) is 8.95. The Morgan fingerprint density at radius 1 is 1.00 bits per heavy atom. The molecule has 1 heterocycles. The van der Waals surface area contributed by atoms with E-state index in [2.05, 4.69) is 10.2 Å². The average molecular weight is 432 g/mol. The Morgan fingerprint density at radius 3 is 2.48 bits per heavy atom. The lowest BCUT2D eigenvalue weighted by Crippen LogP contribution is -2.09. The summed E-state index contributed by atoms with van der Waals surface area (Å²) in [7, 11) is -1.63. The fraction of sp³-hybridized carbons (Fsp3) is 0.333. The van der Waals surface area contributed by atoms with Crippen molar-refractivity contribution in [2.75, 3.05) is 12.4 Å². The lowest BCUT2D eigenvalue weighted by molar-refractivity contribution is 0.308. The summed E-state index contributed by atoms with van der Waals surface area (Å²) < 4.78 is 32.6. The van der Waals surface area contributed by atoms with E-state index in [9.17, 15) is 8.42 Å². The molecule has 0 spiro atoms. The van der Waals surface area contributed by atoms with Crippen LogP contribution in [0.15, 0.2) is 64.6 Å². The third-order valence-electron chi connectivity index (χ3n) is 4.47. The minimum absolute atomic E-state index is 0.161. The van der Waals surface area contributed by atoms with Gasteiger partial charge in [-0.15, -0.1) is 10.2 Å². The second kappa shape index (κ2) is 9.93. The Morgan fingerprint density at radius 2 is 1.72 bits per heavy atom. The van der Waals surface area contributed by atoms with Crippen molar-refractivity contribution in [2.45, 2.75) is 35.6 Å². The number of para-hydroxylation sites is 1. The van der Waals surface area contributed by atoms with Crippen molar-refractivity contribution in [3.63, 3.8) is 0 Å². The van der Waals surface area contributed by atoms with Gasteiger partial charge in [-0.3, -0.25) is 0 Å². The Balaban J connectivity index is 1.46. The Hall–Kier alpha value is -2.32. The maximum Gasteiger partial charge on any atom is 0.190 e. The van der Waals surface area contributed by atoms with Gasteiger partial charge in [0.25, 0.3) is 0 Å². The lowest BCUT2D eigenvalue weighted by atomic mass is 10.2. The van der Waals surface area contributed by atoms with Crippen LogP contribution in [0.5, 0.6) is 5.75 Å². The topological polar surface area (TPSA) is 74.1 Å². The van der Waals surface area contributed by atoms with E-state index in [1.54, 1.807) is 53.7 Å². The lowest BCUT2D eigenvalue weighted by Gasteiger charge is -2.08. The minimum Gasteiger partial charge on any atom is -0.493 e. The van der Waals surface area contributed by atoms with Crippen molar-refractivity contribution in [2.24, 2.45) is 7.05 Å². The van der Waals surface area contributed by atoms with E-state index in [-0.39, 0.29) is 5.75 Å². The molecule has 154 valence electrons. The van der Waals surface area contributed by atoms with Crippen LogP contribution in [0.4, 0.5) is 0 Å². The summed E-state index contributed by atoms with van der Waals surface area (Å²) in [6, 6.07) is 16.4. The number of nitrogens with zero attached hydrogens (tertiary/aromatic N) is 3. The third-order valence-corrected chi connectivity index (χ3v) is 7.20. The fourth-order valence-corrected chi connectivity index (χ4v) is 5.00. The highest BCUT2D eigenvalue weighted by Gasteiger charge is 2.20. The van der Waals surface area contributed by atoms with Gasteiger partial charge < -0.3 is 9.30 Å². The second-order valence-corrected chi connectivity index (χ2v) is 9.75. The summed E-state index contributed by atoms with van der Waals surface area (Å²) in [4.78, 5) is 0.297. The normalized spacial score (nSPS) is 11.5. The largest absolute Gasteiger partial charge is 0.493 e. The highest BCUT2D eigenvalue weighted by Crippen LogP contribution is 2.21. The number of ether oxygens (including phenoxy) is 1. The highest BCUT2D eigenvalue weighted by atomic mass is 32.2. The number of hydrogen-bond donors (Lipinski definition) is 0. The predicted molar refractivity (Wildman–Crippen MR) is 115 cm³/mol. The fourth-order valence-electron chi connectivity index (χ4n) is 2.75. The summed E-state index contributed by atoms with van der Waals surface area (Å²) in [5.41, 5.74) is 1.14. The number of sulfone groups is 1. The van der Waals surface area contributed by atoms with Crippen LogP contribution in [0, 0.1) is 6.92 Å². The molecule has 2 aromatic carbocycles. The number of rotatable bonds is 10. The number of unbranched alkanes of at least 4 members (excludes halogenated alkanes) is 1. The Bertz CT molecular complexity index is 1030. The minimum atomic E-state index is -3.43. The quantitative estimate of drug-likeness (QED) is 0.356. The smallest absolute Gasteiger partial charge is 0.190 e. The molecule has 8 heteroatoms. The predicted octanol–water partition coefficient (Wildman–Crippen LogP) is 4.05. The monoisotopic (exact) mass is 431 g/mol. The molecule has 3 rings (SSSR count). The highest BCUT2D eigenvalue weighted by molar-refractivity contribution is 7.99. The molecular weight excluding hydrogens is 406 g/mol. The molecule has 0 fully saturated rings. The Labute approximate surface area is 176 Å². The molecule has 0 atom stereocenters. The number of aromatic nitrogens is 3. The van der Waals surface area contributed by atoms with Gasteiger partial charge in [-0.2, -0.15) is 0 Å².